The van der Waals surface area contributed by atoms with E-state index in [1.165, 1.54) is 56.2 Å². The molecule has 30 heavy (non-hydrogen) atoms. The van der Waals surface area contributed by atoms with Crippen molar-refractivity contribution in [3.63, 3.8) is 0 Å². The Hall–Kier alpha value is -2.49. The molecule has 158 valence electrons. The number of aromatic nitrogens is 1. The Labute approximate surface area is 179 Å². The minimum absolute atomic E-state index is 0.582. The predicted molar refractivity (Wildman–Crippen MR) is 125 cm³/mol. The van der Waals surface area contributed by atoms with Crippen LogP contribution in [0.1, 0.15) is 70.3 Å². The van der Waals surface area contributed by atoms with Gasteiger partial charge in [0.15, 0.2) is 5.58 Å². The molecule has 0 radical (unpaired) electrons. The third-order valence-corrected chi connectivity index (χ3v) is 6.49. The van der Waals surface area contributed by atoms with E-state index in [-0.39, 0.29) is 0 Å². The highest BCUT2D eigenvalue weighted by Crippen LogP contribution is 2.44. The summed E-state index contributed by atoms with van der Waals surface area (Å²) in [6.45, 7) is 5.72. The Morgan fingerprint density at radius 3 is 2.57 bits per heavy atom. The third kappa shape index (κ3) is 4.19. The maximum absolute atomic E-state index is 6.01. The molecule has 4 nitrogen and oxygen atoms in total. The van der Waals surface area contributed by atoms with Crippen LogP contribution in [0.2, 0.25) is 0 Å². The molecule has 2 aliphatic carbocycles. The number of oxazole rings is 1. The molecule has 0 aliphatic heterocycles. The fourth-order valence-electron chi connectivity index (χ4n) is 4.85. The zero-order chi connectivity index (χ0) is 20.5. The summed E-state index contributed by atoms with van der Waals surface area (Å²) < 4.78 is 6.01. The van der Waals surface area contributed by atoms with Gasteiger partial charge in [0.1, 0.15) is 5.52 Å². The van der Waals surface area contributed by atoms with Crippen LogP contribution in [0.3, 0.4) is 0 Å². The highest BCUT2D eigenvalue weighted by molar-refractivity contribution is 5.78. The van der Waals surface area contributed by atoms with Crippen LogP contribution in [0.15, 0.2) is 46.9 Å². The topological polar surface area (TPSA) is 41.3 Å². The maximum atomic E-state index is 6.01. The molecule has 1 heterocycles. The molecule has 4 heteroatoms. The summed E-state index contributed by atoms with van der Waals surface area (Å²) in [5, 5.41) is 3.56. The number of fused-ring (bicyclic) bond motifs is 1. The first-order valence-electron chi connectivity index (χ1n) is 11.7. The number of nitrogens with zero attached hydrogens (tertiary/aromatic N) is 2. The first kappa shape index (κ1) is 19.5. The molecule has 2 fully saturated rings. The lowest BCUT2D eigenvalue weighted by Crippen LogP contribution is -2.39. The van der Waals surface area contributed by atoms with E-state index in [0.717, 1.165) is 29.2 Å². The molecule has 0 amide bonds. The average Bonchev–Trinajstić information content (AvgIpc) is 3.52. The van der Waals surface area contributed by atoms with Gasteiger partial charge in [0.25, 0.3) is 6.01 Å². The normalized spacial score (nSPS) is 17.6. The van der Waals surface area contributed by atoms with Gasteiger partial charge in [-0.3, -0.25) is 0 Å². The second-order valence-corrected chi connectivity index (χ2v) is 9.50. The Morgan fingerprint density at radius 1 is 1.03 bits per heavy atom. The minimum atomic E-state index is 0.582. The standard InChI is InChI=1S/C26H33N3O/c1-18(2)17-29(21-8-4-3-5-9-21)24-15-14-20(19-12-13-19)16-23(24)28-26-27-22-10-6-7-11-25(22)30-26/h6-7,10-11,14-16,18-19,21H,3-5,8-9,12-13,17H2,1-2H3,(H,27,28). The number of rotatable bonds is 7. The molecule has 5 rings (SSSR count). The molecule has 0 unspecified atom stereocenters. The van der Waals surface area contributed by atoms with Crippen molar-refractivity contribution < 1.29 is 4.42 Å². The Kier molecular flexibility index (Phi) is 5.41. The molecule has 0 bridgehead atoms. The summed E-state index contributed by atoms with van der Waals surface area (Å²) in [5.41, 5.74) is 5.59. The van der Waals surface area contributed by atoms with Crippen LogP contribution >= 0.6 is 0 Å². The zero-order valence-corrected chi connectivity index (χ0v) is 18.2. The van der Waals surface area contributed by atoms with Gasteiger partial charge in [0.05, 0.1) is 11.4 Å². The molecule has 3 aromatic rings. The van der Waals surface area contributed by atoms with Gasteiger partial charge >= 0.3 is 0 Å². The quantitative estimate of drug-likeness (QED) is 0.451. The average molecular weight is 404 g/mol. The molecule has 2 saturated carbocycles. The first-order valence-corrected chi connectivity index (χ1v) is 11.7. The zero-order valence-electron chi connectivity index (χ0n) is 18.2. The molecule has 0 atom stereocenters. The largest absolute Gasteiger partial charge is 0.423 e. The van der Waals surface area contributed by atoms with E-state index < -0.39 is 0 Å². The van der Waals surface area contributed by atoms with Crippen molar-refractivity contribution in [2.45, 2.75) is 70.8 Å². The lowest BCUT2D eigenvalue weighted by Gasteiger charge is -2.38. The van der Waals surface area contributed by atoms with Crippen LogP contribution in [-0.2, 0) is 0 Å². The van der Waals surface area contributed by atoms with Gasteiger partial charge in [0, 0.05) is 12.6 Å². The predicted octanol–water partition coefficient (Wildman–Crippen LogP) is 7.24. The van der Waals surface area contributed by atoms with Crippen LogP contribution in [0.4, 0.5) is 17.4 Å². The molecule has 1 aromatic heterocycles. The van der Waals surface area contributed by atoms with Crippen molar-refractivity contribution in [3.8, 4) is 0 Å². The van der Waals surface area contributed by atoms with Crippen molar-refractivity contribution in [3.05, 3.63) is 48.0 Å². The fraction of sp³-hybridized carbons (Fsp3) is 0.500. The smallest absolute Gasteiger partial charge is 0.300 e. The molecule has 0 saturated heterocycles. The van der Waals surface area contributed by atoms with Crippen LogP contribution in [0.5, 0.6) is 0 Å². The van der Waals surface area contributed by atoms with Crippen LogP contribution in [0, 0.1) is 5.92 Å². The van der Waals surface area contributed by atoms with Gasteiger partial charge < -0.3 is 14.6 Å². The van der Waals surface area contributed by atoms with Gasteiger partial charge in [-0.05, 0) is 67.3 Å². The summed E-state index contributed by atoms with van der Waals surface area (Å²) in [5.74, 6) is 1.34. The van der Waals surface area contributed by atoms with Crippen molar-refractivity contribution >= 4 is 28.5 Å². The van der Waals surface area contributed by atoms with Gasteiger partial charge in [-0.15, -0.1) is 0 Å². The number of para-hydroxylation sites is 2. The minimum Gasteiger partial charge on any atom is -0.423 e. The number of hydrogen-bond donors (Lipinski definition) is 1. The molecule has 2 aromatic carbocycles. The van der Waals surface area contributed by atoms with E-state index in [2.05, 4.69) is 47.2 Å². The number of hydrogen-bond acceptors (Lipinski definition) is 4. The molecule has 1 N–H and O–H groups in total. The molecule has 0 spiro atoms. The Morgan fingerprint density at radius 2 is 1.83 bits per heavy atom. The number of benzene rings is 2. The SMILES string of the molecule is CC(C)CN(c1ccc(C2CC2)cc1Nc1nc2ccccc2o1)C1CCCCC1. The maximum Gasteiger partial charge on any atom is 0.300 e. The summed E-state index contributed by atoms with van der Waals surface area (Å²) in [6, 6.07) is 16.2. The van der Waals surface area contributed by atoms with Gasteiger partial charge in [0.2, 0.25) is 0 Å². The van der Waals surface area contributed by atoms with Gasteiger partial charge in [-0.25, -0.2) is 0 Å². The first-order chi connectivity index (χ1) is 14.7. The fourth-order valence-corrected chi connectivity index (χ4v) is 4.85. The Bertz CT molecular complexity index is 965. The highest BCUT2D eigenvalue weighted by Gasteiger charge is 2.28. The third-order valence-electron chi connectivity index (χ3n) is 6.49. The summed E-state index contributed by atoms with van der Waals surface area (Å²) >= 11 is 0. The highest BCUT2D eigenvalue weighted by atomic mass is 16.4. The van der Waals surface area contributed by atoms with E-state index in [1.54, 1.807) is 0 Å². The number of anilines is 3. The number of nitrogens with one attached hydrogen (secondary N) is 1. The lowest BCUT2D eigenvalue weighted by molar-refractivity contribution is 0.401. The van der Waals surface area contributed by atoms with Gasteiger partial charge in [-0.1, -0.05) is 51.3 Å². The van der Waals surface area contributed by atoms with E-state index in [0.29, 0.717) is 18.0 Å². The van der Waals surface area contributed by atoms with Crippen LogP contribution in [0.25, 0.3) is 11.1 Å². The van der Waals surface area contributed by atoms with Gasteiger partial charge in [-0.2, -0.15) is 4.98 Å². The van der Waals surface area contributed by atoms with Crippen molar-refractivity contribution in [2.75, 3.05) is 16.8 Å². The monoisotopic (exact) mass is 403 g/mol. The lowest BCUT2D eigenvalue weighted by atomic mass is 9.92. The van der Waals surface area contributed by atoms with Crippen molar-refractivity contribution in [1.82, 2.24) is 4.98 Å². The van der Waals surface area contributed by atoms with Crippen LogP contribution in [-0.4, -0.2) is 17.6 Å². The van der Waals surface area contributed by atoms with E-state index >= 15 is 0 Å². The second kappa shape index (κ2) is 8.33. The Balaban J connectivity index is 1.52. The van der Waals surface area contributed by atoms with Crippen molar-refractivity contribution in [2.24, 2.45) is 5.92 Å². The molecular weight excluding hydrogens is 370 g/mol. The molecular formula is C26H33N3O. The molecule has 2 aliphatic rings. The van der Waals surface area contributed by atoms with E-state index in [4.69, 9.17) is 4.42 Å². The van der Waals surface area contributed by atoms with E-state index in [1.807, 2.05) is 24.3 Å². The van der Waals surface area contributed by atoms with E-state index in [9.17, 15) is 0 Å². The summed E-state index contributed by atoms with van der Waals surface area (Å²) in [7, 11) is 0. The van der Waals surface area contributed by atoms with Crippen molar-refractivity contribution in [1.29, 1.82) is 0 Å². The second-order valence-electron chi connectivity index (χ2n) is 9.50. The summed E-state index contributed by atoms with van der Waals surface area (Å²) in [4.78, 5) is 7.33. The summed E-state index contributed by atoms with van der Waals surface area (Å²) in [6.07, 6.45) is 9.25. The van der Waals surface area contributed by atoms with Crippen LogP contribution < -0.4 is 10.2 Å².